The molecular formula is C12H34BN3NaO. The van der Waals surface area contributed by atoms with E-state index < -0.39 is 0 Å². The largest absolute Gasteiger partial charge is 1.00 e. The number of nitrogens with zero attached hydrogens (tertiary/aromatic N) is 1. The van der Waals surface area contributed by atoms with E-state index in [-0.39, 0.29) is 45.4 Å². The quantitative estimate of drug-likeness (QED) is 0.379. The van der Waals surface area contributed by atoms with Crippen molar-refractivity contribution in [2.24, 2.45) is 5.73 Å². The molecule has 107 valence electrons. The second-order valence-electron chi connectivity index (χ2n) is 0.943. The van der Waals surface area contributed by atoms with Crippen LogP contribution in [0.25, 0.3) is 0 Å². The van der Waals surface area contributed by atoms with Gasteiger partial charge >= 0.3 is 29.6 Å². The van der Waals surface area contributed by atoms with Gasteiger partial charge in [-0.25, -0.2) is 0 Å². The van der Waals surface area contributed by atoms with Crippen molar-refractivity contribution in [1.82, 2.24) is 5.32 Å². The molecule has 0 saturated carbocycles. The third-order valence-electron chi connectivity index (χ3n) is 0.354. The van der Waals surface area contributed by atoms with Gasteiger partial charge in [0.2, 0.25) is 0 Å². The molecule has 0 fully saturated rings. The van der Waals surface area contributed by atoms with Crippen molar-refractivity contribution in [1.29, 1.82) is 5.26 Å². The van der Waals surface area contributed by atoms with Gasteiger partial charge in [0.1, 0.15) is 6.29 Å². The number of nitrogens with one attached hydrogen (secondary N) is 1. The average Bonchev–Trinajstić information content (AvgIpc) is 2.39. The van der Waals surface area contributed by atoms with E-state index in [0.29, 0.717) is 0 Å². The van der Waals surface area contributed by atoms with Crippen LogP contribution in [0.2, 0.25) is 0 Å². The topological polar surface area (TPSA) is 78.9 Å². The van der Waals surface area contributed by atoms with E-state index in [0.717, 1.165) is 12.8 Å². The minimum Gasteiger partial charge on any atom is -0.512 e. The molecule has 0 aliphatic carbocycles. The molecule has 0 bridgehead atoms. The summed E-state index contributed by atoms with van der Waals surface area (Å²) < 4.78 is 0. The average molecular weight is 270 g/mol. The van der Waals surface area contributed by atoms with Crippen LogP contribution >= 0.6 is 0 Å². The zero-order valence-corrected chi connectivity index (χ0v) is 15.3. The first-order valence-corrected chi connectivity index (χ1v) is 5.17. The maximum atomic E-state index is 8.81. The maximum Gasteiger partial charge on any atom is 1.00 e. The molecule has 0 saturated heterocycles. The third kappa shape index (κ3) is 2820. The van der Waals surface area contributed by atoms with Gasteiger partial charge in [0.15, 0.2) is 0 Å². The number of hydrogen-bond acceptors (Lipinski definition) is 4. The van der Waals surface area contributed by atoms with Crippen LogP contribution < -0.4 is 40.6 Å². The summed E-state index contributed by atoms with van der Waals surface area (Å²) in [5.74, 6) is 0. The van der Waals surface area contributed by atoms with Gasteiger partial charge in [0.25, 0.3) is 0 Å². The fourth-order valence-corrected chi connectivity index (χ4v) is 0. The van der Waals surface area contributed by atoms with Crippen LogP contribution in [-0.4, -0.2) is 35.3 Å². The number of rotatable bonds is 1. The van der Waals surface area contributed by atoms with E-state index in [1.165, 1.54) is 14.0 Å². The Morgan fingerprint density at radius 3 is 1.22 bits per heavy atom. The monoisotopic (exact) mass is 270 g/mol. The summed E-state index contributed by atoms with van der Waals surface area (Å²) in [5.41, 5.74) is 4.50. The van der Waals surface area contributed by atoms with Crippen LogP contribution in [0.15, 0.2) is 0 Å². The zero-order valence-electron chi connectivity index (χ0n) is 13.3. The molecule has 0 aromatic heterocycles. The van der Waals surface area contributed by atoms with Gasteiger partial charge in [0.05, 0.1) is 0 Å². The van der Waals surface area contributed by atoms with Crippen molar-refractivity contribution < 1.29 is 34.4 Å². The van der Waals surface area contributed by atoms with E-state index in [9.17, 15) is 0 Å². The summed E-state index contributed by atoms with van der Waals surface area (Å²) in [5, 5.41) is 9.18. The van der Waals surface area contributed by atoms with Crippen molar-refractivity contribution in [3.63, 3.8) is 0 Å². The molecule has 0 amide bonds. The summed E-state index contributed by atoms with van der Waals surface area (Å²) in [7, 11) is 3.43. The summed E-state index contributed by atoms with van der Waals surface area (Å²) >= 11 is 0. The van der Waals surface area contributed by atoms with Gasteiger partial charge in [0, 0.05) is 8.41 Å². The standard InChI is InChI=1S/C3H9N.C2H4O.2C2H6.CH5N.CN.CH4.B.Na/c1-3-4-2;1-2-3;4*1-2;;;/h4H,3H2,1-2H3;2H,1H3;2*1-2H3;2H2,1H3;;1H4;;/q;;;;;-1;;;+1. The molecule has 0 rings (SSSR count). The molecular weight excluding hydrogens is 236 g/mol. The van der Waals surface area contributed by atoms with E-state index in [1.807, 2.05) is 34.7 Å². The molecule has 0 aromatic carbocycles. The van der Waals surface area contributed by atoms with Crippen LogP contribution in [0.1, 0.15) is 49.0 Å². The fraction of sp³-hybridized carbons (Fsp3) is 0.833. The third-order valence-corrected chi connectivity index (χ3v) is 0.354. The molecule has 0 aliphatic heterocycles. The number of hydrogen-bond donors (Lipinski definition) is 2. The van der Waals surface area contributed by atoms with Crippen molar-refractivity contribution in [3.05, 3.63) is 6.57 Å². The van der Waals surface area contributed by atoms with Crippen molar-refractivity contribution in [2.45, 2.75) is 49.0 Å². The first kappa shape index (κ1) is 63.8. The Labute approximate surface area is 141 Å². The Bertz CT molecular complexity index is 66.5. The SMILES string of the molecule is C.CC.CC.CC=O.CCNC.CN.[B].[C-]#N.[Na+]. The molecule has 0 heterocycles. The van der Waals surface area contributed by atoms with Gasteiger partial charge in [-0.1, -0.05) is 42.0 Å². The van der Waals surface area contributed by atoms with Gasteiger partial charge in [-0.05, 0) is 27.6 Å². The summed E-state index contributed by atoms with van der Waals surface area (Å²) in [4.78, 5) is 8.81. The predicted molar refractivity (Wildman–Crippen MR) is 81.6 cm³/mol. The first-order chi connectivity index (χ1) is 7.33. The Balaban J connectivity index is -0.00000000768. The van der Waals surface area contributed by atoms with Crippen molar-refractivity contribution >= 4 is 14.7 Å². The van der Waals surface area contributed by atoms with Gasteiger partial charge in [-0.15, -0.1) is 0 Å². The molecule has 3 radical (unpaired) electrons. The summed E-state index contributed by atoms with van der Waals surface area (Å²) in [6.07, 6.45) is 0.750. The molecule has 6 heteroatoms. The Morgan fingerprint density at radius 1 is 1.17 bits per heavy atom. The zero-order chi connectivity index (χ0) is 14.1. The molecule has 4 nitrogen and oxygen atoms in total. The van der Waals surface area contributed by atoms with Crippen LogP contribution in [0.3, 0.4) is 0 Å². The second-order valence-corrected chi connectivity index (χ2v) is 0.943. The summed E-state index contributed by atoms with van der Waals surface area (Å²) in [6, 6.07) is 0. The van der Waals surface area contributed by atoms with Gasteiger partial charge in [-0.2, -0.15) is 0 Å². The Kier molecular flexibility index (Phi) is 1600. The van der Waals surface area contributed by atoms with Crippen LogP contribution in [0, 0.1) is 11.8 Å². The van der Waals surface area contributed by atoms with Crippen molar-refractivity contribution in [2.75, 3.05) is 20.6 Å². The Morgan fingerprint density at radius 2 is 1.22 bits per heavy atom. The molecule has 0 atom stereocenters. The molecule has 0 aromatic rings. The molecule has 0 aliphatic rings. The second kappa shape index (κ2) is 452. The van der Waals surface area contributed by atoms with Crippen LogP contribution in [0.5, 0.6) is 0 Å². The molecule has 18 heavy (non-hydrogen) atoms. The van der Waals surface area contributed by atoms with E-state index >= 15 is 0 Å². The predicted octanol–water partition coefficient (Wildman–Crippen LogP) is -0.586. The van der Waals surface area contributed by atoms with Crippen LogP contribution in [0.4, 0.5) is 0 Å². The van der Waals surface area contributed by atoms with Crippen LogP contribution in [-0.2, 0) is 4.79 Å². The first-order valence-electron chi connectivity index (χ1n) is 5.17. The number of carbonyl (C=O) groups is 1. The normalized spacial score (nSPS) is 3.50. The molecule has 0 unspecified atom stereocenters. The van der Waals surface area contributed by atoms with E-state index in [2.05, 4.69) is 18.0 Å². The Hall–Kier alpha value is 0.145. The molecule has 0 spiro atoms. The number of nitrogens with two attached hydrogens (primary N) is 1. The molecule has 3 N–H and O–H groups in total. The number of carbonyl (C=O) groups excluding carboxylic acids is 1. The van der Waals surface area contributed by atoms with Gasteiger partial charge < -0.3 is 27.7 Å². The smallest absolute Gasteiger partial charge is 0.512 e. The maximum absolute atomic E-state index is 8.81. The van der Waals surface area contributed by atoms with E-state index in [4.69, 9.17) is 16.6 Å². The summed E-state index contributed by atoms with van der Waals surface area (Å²) in [6.45, 7) is 17.3. The van der Waals surface area contributed by atoms with Gasteiger partial charge in [-0.3, -0.25) is 0 Å². The van der Waals surface area contributed by atoms with E-state index in [1.54, 1.807) is 0 Å². The minimum atomic E-state index is 0. The minimum absolute atomic E-state index is 0. The van der Waals surface area contributed by atoms with Crippen molar-refractivity contribution in [3.8, 4) is 0 Å². The fourth-order valence-electron chi connectivity index (χ4n) is 0. The number of aldehydes is 1.